The number of aryl methyl sites for hydroxylation is 2. The van der Waals surface area contributed by atoms with E-state index in [4.69, 9.17) is 0 Å². The van der Waals surface area contributed by atoms with Gasteiger partial charge in [0.05, 0.1) is 10.9 Å². The molecule has 0 bridgehead atoms. The number of carbonyl (C=O) groups excluding carboxylic acids is 2. The molecular formula is C32H34F7NO4S. The lowest BCUT2D eigenvalue weighted by Crippen LogP contribution is -2.55. The van der Waals surface area contributed by atoms with Crippen molar-refractivity contribution in [2.45, 2.75) is 99.4 Å². The lowest BCUT2D eigenvalue weighted by atomic mass is 9.69. The molecule has 2 aromatic rings. The molecule has 0 aromatic heterocycles. The summed E-state index contributed by atoms with van der Waals surface area (Å²) in [6.07, 6.45) is -11.2. The minimum atomic E-state index is -6.32. The Kier molecular flexibility index (Phi) is 8.02. The zero-order valence-electron chi connectivity index (χ0n) is 25.0. The second kappa shape index (κ2) is 10.8. The summed E-state index contributed by atoms with van der Waals surface area (Å²) in [5.41, 5.74) is -7.79. The van der Waals surface area contributed by atoms with Crippen molar-refractivity contribution in [1.82, 2.24) is 4.90 Å². The Morgan fingerprint density at radius 1 is 0.889 bits per heavy atom. The molecule has 1 saturated heterocycles. The topological polar surface area (TPSA) is 71.5 Å². The van der Waals surface area contributed by atoms with Gasteiger partial charge in [0.2, 0.25) is 5.91 Å². The minimum absolute atomic E-state index is 0.0143. The first-order chi connectivity index (χ1) is 20.7. The lowest BCUT2D eigenvalue weighted by molar-refractivity contribution is -0.348. The number of hydrogen-bond donors (Lipinski definition) is 0. The summed E-state index contributed by atoms with van der Waals surface area (Å²) in [4.78, 5) is 27.5. The van der Waals surface area contributed by atoms with Crippen LogP contribution in [-0.4, -0.2) is 49.9 Å². The van der Waals surface area contributed by atoms with E-state index < -0.39 is 49.6 Å². The second-order valence-corrected chi connectivity index (χ2v) is 15.2. The van der Waals surface area contributed by atoms with Gasteiger partial charge in [-0.1, -0.05) is 37.3 Å². The van der Waals surface area contributed by atoms with Crippen molar-refractivity contribution in [1.29, 1.82) is 0 Å². The highest BCUT2D eigenvalue weighted by Gasteiger charge is 2.74. The Balaban J connectivity index is 1.65. The summed E-state index contributed by atoms with van der Waals surface area (Å²) >= 11 is 0. The maximum atomic E-state index is 15.1. The van der Waals surface area contributed by atoms with Crippen molar-refractivity contribution in [2.75, 3.05) is 6.54 Å². The fraction of sp³-hybridized carbons (Fsp3) is 0.562. The van der Waals surface area contributed by atoms with Gasteiger partial charge in [0.1, 0.15) is 10.5 Å². The molecule has 5 rings (SSSR count). The van der Waals surface area contributed by atoms with Crippen LogP contribution in [0.4, 0.5) is 30.7 Å². The molecule has 1 heterocycles. The number of nitrogens with zero attached hydrogens (tertiary/aromatic N) is 1. The third-order valence-corrected chi connectivity index (χ3v) is 12.8. The van der Waals surface area contributed by atoms with Crippen LogP contribution >= 0.6 is 0 Å². The molecule has 0 N–H and O–H groups in total. The molecule has 3 aliphatic rings. The average Bonchev–Trinajstić information content (AvgIpc) is 3.36. The van der Waals surface area contributed by atoms with E-state index in [0.717, 1.165) is 6.07 Å². The molecule has 2 atom stereocenters. The highest BCUT2D eigenvalue weighted by molar-refractivity contribution is 7.92. The van der Waals surface area contributed by atoms with Gasteiger partial charge >= 0.3 is 18.0 Å². The maximum Gasteiger partial charge on any atom is 0.435 e. The average molecular weight is 662 g/mol. The van der Waals surface area contributed by atoms with Crippen LogP contribution in [0.1, 0.15) is 74.6 Å². The van der Waals surface area contributed by atoms with E-state index in [0.29, 0.717) is 43.4 Å². The Bertz CT molecular complexity index is 1610. The molecule has 13 heteroatoms. The van der Waals surface area contributed by atoms with E-state index in [-0.39, 0.29) is 59.4 Å². The van der Waals surface area contributed by atoms with Crippen molar-refractivity contribution in [3.8, 4) is 0 Å². The quantitative estimate of drug-likeness (QED) is 0.316. The fourth-order valence-electron chi connectivity index (χ4n) is 7.69. The number of alkyl halides is 7. The SMILES string of the molecule is Cc1cccc(S(=O)(=O)C23CCN(C(=O)[C@]4(C)CC[C@@H](C(C)=O)CC4)C2CCc2cc(C(F)(C(F)(F)F)C(F)(F)F)ccc23)c1. The molecule has 2 aromatic carbocycles. The number of benzene rings is 2. The van der Waals surface area contributed by atoms with Crippen LogP contribution in [0.2, 0.25) is 0 Å². The van der Waals surface area contributed by atoms with Gasteiger partial charge in [0.15, 0.2) is 9.84 Å². The van der Waals surface area contributed by atoms with Gasteiger partial charge < -0.3 is 4.90 Å². The van der Waals surface area contributed by atoms with Crippen molar-refractivity contribution in [3.05, 3.63) is 64.7 Å². The van der Waals surface area contributed by atoms with Gasteiger partial charge in [-0.25, -0.2) is 12.8 Å². The normalized spacial score (nSPS) is 27.6. The van der Waals surface area contributed by atoms with E-state index in [1.807, 2.05) is 0 Å². The molecule has 45 heavy (non-hydrogen) atoms. The molecule has 1 amide bonds. The van der Waals surface area contributed by atoms with E-state index in [1.54, 1.807) is 19.9 Å². The highest BCUT2D eigenvalue weighted by atomic mass is 32.2. The first kappa shape index (κ1) is 33.4. The van der Waals surface area contributed by atoms with Crippen LogP contribution in [0.5, 0.6) is 0 Å². The van der Waals surface area contributed by atoms with E-state index in [1.165, 1.54) is 30.0 Å². The molecule has 246 valence electrons. The minimum Gasteiger partial charge on any atom is -0.337 e. The van der Waals surface area contributed by atoms with Gasteiger partial charge in [0.25, 0.3) is 0 Å². The second-order valence-electron chi connectivity index (χ2n) is 13.0. The number of sulfone groups is 1. The summed E-state index contributed by atoms with van der Waals surface area (Å²) in [6.45, 7) is 4.94. The summed E-state index contributed by atoms with van der Waals surface area (Å²) in [5, 5.41) is 0. The summed E-state index contributed by atoms with van der Waals surface area (Å²) < 4.78 is 124. The summed E-state index contributed by atoms with van der Waals surface area (Å²) in [7, 11) is -4.42. The van der Waals surface area contributed by atoms with E-state index in [9.17, 15) is 44.3 Å². The van der Waals surface area contributed by atoms with Crippen LogP contribution < -0.4 is 0 Å². The van der Waals surface area contributed by atoms with Gasteiger partial charge in [-0.15, -0.1) is 0 Å². The molecule has 0 radical (unpaired) electrons. The van der Waals surface area contributed by atoms with Crippen LogP contribution in [0, 0.1) is 18.3 Å². The molecule has 0 spiro atoms. The molecule has 2 aliphatic carbocycles. The summed E-state index contributed by atoms with van der Waals surface area (Å²) in [5.74, 6) is -0.435. The van der Waals surface area contributed by atoms with Gasteiger partial charge in [-0.2, -0.15) is 26.3 Å². The zero-order chi connectivity index (χ0) is 33.4. The van der Waals surface area contributed by atoms with Crippen molar-refractivity contribution in [2.24, 2.45) is 11.3 Å². The van der Waals surface area contributed by atoms with Gasteiger partial charge in [-0.05, 0) is 87.6 Å². The molecule has 1 saturated carbocycles. The van der Waals surface area contributed by atoms with Crippen molar-refractivity contribution >= 4 is 21.5 Å². The Morgan fingerprint density at radius 3 is 2.07 bits per heavy atom. The number of amides is 1. The first-order valence-electron chi connectivity index (χ1n) is 14.8. The number of likely N-dealkylation sites (tertiary alicyclic amines) is 1. The van der Waals surface area contributed by atoms with Crippen LogP contribution in [0.3, 0.4) is 0 Å². The Morgan fingerprint density at radius 2 is 1.51 bits per heavy atom. The predicted octanol–water partition coefficient (Wildman–Crippen LogP) is 7.29. The fourth-order valence-corrected chi connectivity index (χ4v) is 10.2. The first-order valence-corrected chi connectivity index (χ1v) is 16.3. The number of halogens is 7. The molecule has 2 unspecified atom stereocenters. The maximum absolute atomic E-state index is 15.1. The number of fused-ring (bicyclic) bond motifs is 3. The smallest absolute Gasteiger partial charge is 0.337 e. The van der Waals surface area contributed by atoms with Crippen molar-refractivity contribution < 1.29 is 48.7 Å². The number of ketones is 1. The molecule has 2 fully saturated rings. The molecule has 5 nitrogen and oxygen atoms in total. The van der Waals surface area contributed by atoms with Crippen LogP contribution in [0.15, 0.2) is 47.4 Å². The standard InChI is InChI=1S/C32H34F7NO4S/c1-19-5-4-6-24(17-19)45(43,44)29-15-16-40(27(42)28(3)13-11-21(12-14-28)20(2)41)26(29)10-7-22-18-23(8-9-25(22)29)30(33,31(34,35)36)32(37,38)39/h4-6,8-9,17-18,21,26H,7,10-16H2,1-3H3/t21-,26?,28-,29?. The number of hydrogen-bond acceptors (Lipinski definition) is 4. The number of carbonyl (C=O) groups is 2. The summed E-state index contributed by atoms with van der Waals surface area (Å²) in [6, 6.07) is 6.73. The predicted molar refractivity (Wildman–Crippen MR) is 151 cm³/mol. The Hall–Kier alpha value is -2.96. The van der Waals surface area contributed by atoms with E-state index >= 15 is 4.39 Å². The lowest BCUT2D eigenvalue weighted by Gasteiger charge is -2.45. The van der Waals surface area contributed by atoms with Crippen LogP contribution in [-0.2, 0) is 36.3 Å². The van der Waals surface area contributed by atoms with Crippen molar-refractivity contribution in [3.63, 3.8) is 0 Å². The largest absolute Gasteiger partial charge is 0.435 e. The molecular weight excluding hydrogens is 627 g/mol. The van der Waals surface area contributed by atoms with Gasteiger partial charge in [-0.3, -0.25) is 9.59 Å². The van der Waals surface area contributed by atoms with Gasteiger partial charge in [0, 0.05) is 23.4 Å². The third kappa shape index (κ3) is 4.98. The van der Waals surface area contributed by atoms with Crippen LogP contribution in [0.25, 0.3) is 0 Å². The monoisotopic (exact) mass is 661 g/mol. The Labute approximate surface area is 257 Å². The number of rotatable bonds is 5. The number of Topliss-reactive ketones (excluding diaryl/α,β-unsaturated/α-hetero) is 1. The van der Waals surface area contributed by atoms with E-state index in [2.05, 4.69) is 0 Å². The highest BCUT2D eigenvalue weighted by Crippen LogP contribution is 2.57. The third-order valence-electron chi connectivity index (χ3n) is 10.3. The zero-order valence-corrected chi connectivity index (χ0v) is 25.8. The molecule has 1 aliphatic heterocycles.